The molecule has 1 aliphatic carbocycles. The van der Waals surface area contributed by atoms with E-state index in [1.165, 1.54) is 33.4 Å². The fourth-order valence-corrected chi connectivity index (χ4v) is 3.47. The smallest absolute Gasteiger partial charge is 0.0175 e. The van der Waals surface area contributed by atoms with Gasteiger partial charge < -0.3 is 0 Å². The van der Waals surface area contributed by atoms with Crippen LogP contribution in [0.2, 0.25) is 0 Å². The highest BCUT2D eigenvalue weighted by Gasteiger charge is 2.17. The summed E-state index contributed by atoms with van der Waals surface area (Å²) in [6, 6.07) is 24.1. The van der Waals surface area contributed by atoms with Crippen LogP contribution in [0.5, 0.6) is 0 Å². The van der Waals surface area contributed by atoms with Crippen molar-refractivity contribution in [1.29, 1.82) is 0 Å². The molecule has 0 aliphatic heterocycles. The Kier molecular flexibility index (Phi) is 3.16. The molecule has 102 valence electrons. The average Bonchev–Trinajstić information content (AvgIpc) is 2.53. The van der Waals surface area contributed by atoms with E-state index in [1.54, 1.807) is 0 Å². The maximum absolute atomic E-state index is 3.51. The third kappa shape index (κ3) is 2.32. The number of hydrogen-bond acceptors (Lipinski definition) is 0. The Hall–Kier alpha value is -1.86. The predicted octanol–water partition coefficient (Wildman–Crippen LogP) is 5.61. The fraction of sp³-hybridized carbons (Fsp3) is 0.100. The second-order valence-corrected chi connectivity index (χ2v) is 6.49. The summed E-state index contributed by atoms with van der Waals surface area (Å²) < 4.78 is 1.13. The van der Waals surface area contributed by atoms with E-state index in [4.69, 9.17) is 0 Å². The molecule has 0 radical (unpaired) electrons. The minimum absolute atomic E-state index is 1.04. The molecule has 0 nitrogen and oxygen atoms in total. The highest BCUT2D eigenvalue weighted by molar-refractivity contribution is 9.10. The van der Waals surface area contributed by atoms with Gasteiger partial charge in [-0.3, -0.25) is 0 Å². The number of hydrogen-bond donors (Lipinski definition) is 0. The first-order valence-electron chi connectivity index (χ1n) is 7.25. The second kappa shape index (κ2) is 5.16. The van der Waals surface area contributed by atoms with Crippen molar-refractivity contribution < 1.29 is 0 Å². The molecule has 0 fully saturated rings. The fourth-order valence-electron chi connectivity index (χ4n) is 3.21. The molecule has 0 amide bonds. The van der Waals surface area contributed by atoms with Gasteiger partial charge in [0.05, 0.1) is 0 Å². The van der Waals surface area contributed by atoms with Gasteiger partial charge in [0.2, 0.25) is 0 Å². The molecule has 0 heterocycles. The molecule has 1 aliphatic rings. The van der Waals surface area contributed by atoms with Crippen LogP contribution in [0.15, 0.2) is 71.2 Å². The molecule has 0 atom stereocenters. The summed E-state index contributed by atoms with van der Waals surface area (Å²) in [5.41, 5.74) is 8.56. The van der Waals surface area contributed by atoms with Gasteiger partial charge in [-0.2, -0.15) is 0 Å². The van der Waals surface area contributed by atoms with Crippen molar-refractivity contribution in [3.8, 4) is 11.1 Å². The van der Waals surface area contributed by atoms with Gasteiger partial charge in [-0.15, -0.1) is 0 Å². The number of halogens is 1. The van der Waals surface area contributed by atoms with Crippen LogP contribution in [0.25, 0.3) is 11.1 Å². The van der Waals surface area contributed by atoms with Crippen molar-refractivity contribution in [2.75, 3.05) is 0 Å². The summed E-state index contributed by atoms with van der Waals surface area (Å²) in [6.07, 6.45) is 2.09. The molecule has 3 aromatic carbocycles. The Morgan fingerprint density at radius 2 is 1.29 bits per heavy atom. The zero-order chi connectivity index (χ0) is 14.2. The van der Waals surface area contributed by atoms with Crippen LogP contribution < -0.4 is 0 Å². The van der Waals surface area contributed by atoms with Crippen molar-refractivity contribution in [3.05, 3.63) is 93.5 Å². The highest BCUT2D eigenvalue weighted by atomic mass is 79.9. The molecule has 3 aromatic rings. The van der Waals surface area contributed by atoms with E-state index in [0.717, 1.165) is 17.3 Å². The Morgan fingerprint density at radius 3 is 2.05 bits per heavy atom. The molecule has 1 heteroatoms. The van der Waals surface area contributed by atoms with Crippen LogP contribution in [-0.2, 0) is 12.8 Å². The Labute approximate surface area is 133 Å². The van der Waals surface area contributed by atoms with Crippen LogP contribution in [-0.4, -0.2) is 0 Å². The van der Waals surface area contributed by atoms with Gasteiger partial charge in [-0.05, 0) is 58.4 Å². The molecule has 0 bridgehead atoms. The van der Waals surface area contributed by atoms with Crippen molar-refractivity contribution >= 4 is 15.9 Å². The van der Waals surface area contributed by atoms with Crippen molar-refractivity contribution in [3.63, 3.8) is 0 Å². The average molecular weight is 335 g/mol. The summed E-state index contributed by atoms with van der Waals surface area (Å²) in [4.78, 5) is 0. The Bertz CT molecular complexity index is 800. The lowest BCUT2D eigenvalue weighted by molar-refractivity contribution is 1.00. The van der Waals surface area contributed by atoms with Gasteiger partial charge in [0, 0.05) is 4.47 Å². The lowest BCUT2D eigenvalue weighted by atomic mass is 9.82. The Morgan fingerprint density at radius 1 is 0.619 bits per heavy atom. The van der Waals surface area contributed by atoms with Crippen molar-refractivity contribution in [2.45, 2.75) is 12.8 Å². The minimum Gasteiger partial charge on any atom is -0.0620 e. The van der Waals surface area contributed by atoms with Crippen LogP contribution in [0.1, 0.15) is 22.3 Å². The molecule has 0 spiro atoms. The van der Waals surface area contributed by atoms with E-state index >= 15 is 0 Å². The largest absolute Gasteiger partial charge is 0.0620 e. The van der Waals surface area contributed by atoms with Gasteiger partial charge in [0.1, 0.15) is 0 Å². The van der Waals surface area contributed by atoms with E-state index in [1.807, 2.05) is 0 Å². The minimum atomic E-state index is 1.04. The molecule has 21 heavy (non-hydrogen) atoms. The standard InChI is InChI=1S/C20H15Br/c21-18-10-8-14(9-11-18)19-7-3-6-17-12-15-4-1-2-5-16(15)13-20(17)19/h1-11H,12-13H2. The predicted molar refractivity (Wildman–Crippen MR) is 91.6 cm³/mol. The quantitative estimate of drug-likeness (QED) is 0.424. The summed E-state index contributed by atoms with van der Waals surface area (Å²) in [5, 5.41) is 0. The van der Waals surface area contributed by atoms with Crippen LogP contribution >= 0.6 is 15.9 Å². The van der Waals surface area contributed by atoms with Gasteiger partial charge in [0.25, 0.3) is 0 Å². The van der Waals surface area contributed by atoms with Crippen LogP contribution in [0.4, 0.5) is 0 Å². The van der Waals surface area contributed by atoms with Gasteiger partial charge in [-0.1, -0.05) is 70.5 Å². The van der Waals surface area contributed by atoms with E-state index < -0.39 is 0 Å². The molecule has 0 aromatic heterocycles. The second-order valence-electron chi connectivity index (χ2n) is 5.57. The molecule has 0 saturated heterocycles. The molecule has 0 N–H and O–H groups in total. The van der Waals surface area contributed by atoms with E-state index in [-0.39, 0.29) is 0 Å². The van der Waals surface area contributed by atoms with E-state index in [0.29, 0.717) is 0 Å². The molecular weight excluding hydrogens is 320 g/mol. The lowest BCUT2D eigenvalue weighted by Crippen LogP contribution is -2.08. The summed E-state index contributed by atoms with van der Waals surface area (Å²) in [6.45, 7) is 0. The maximum Gasteiger partial charge on any atom is 0.0175 e. The number of fused-ring (bicyclic) bond motifs is 2. The summed E-state index contributed by atoms with van der Waals surface area (Å²) in [7, 11) is 0. The highest BCUT2D eigenvalue weighted by Crippen LogP contribution is 2.34. The van der Waals surface area contributed by atoms with E-state index in [9.17, 15) is 0 Å². The first-order valence-corrected chi connectivity index (χ1v) is 8.04. The van der Waals surface area contributed by atoms with Crippen LogP contribution in [0, 0.1) is 0 Å². The van der Waals surface area contributed by atoms with Crippen molar-refractivity contribution in [2.24, 2.45) is 0 Å². The lowest BCUT2D eigenvalue weighted by Gasteiger charge is -2.22. The third-order valence-electron chi connectivity index (χ3n) is 4.29. The monoisotopic (exact) mass is 334 g/mol. The molecule has 0 saturated carbocycles. The molecule has 4 rings (SSSR count). The zero-order valence-corrected chi connectivity index (χ0v) is 13.2. The Balaban J connectivity index is 1.84. The summed E-state index contributed by atoms with van der Waals surface area (Å²) >= 11 is 3.51. The first kappa shape index (κ1) is 12.8. The molecule has 0 unspecified atom stereocenters. The van der Waals surface area contributed by atoms with Crippen molar-refractivity contribution in [1.82, 2.24) is 0 Å². The maximum atomic E-state index is 3.51. The topological polar surface area (TPSA) is 0 Å². The van der Waals surface area contributed by atoms with Gasteiger partial charge in [0.15, 0.2) is 0 Å². The normalized spacial score (nSPS) is 12.6. The molecular formula is C20H15Br. The first-order chi connectivity index (χ1) is 10.3. The summed E-state index contributed by atoms with van der Waals surface area (Å²) in [5.74, 6) is 0. The van der Waals surface area contributed by atoms with Gasteiger partial charge >= 0.3 is 0 Å². The van der Waals surface area contributed by atoms with E-state index in [2.05, 4.69) is 82.7 Å². The number of benzene rings is 3. The SMILES string of the molecule is Brc1ccc(-c2cccc3c2Cc2ccccc2C3)cc1. The number of rotatable bonds is 1. The third-order valence-corrected chi connectivity index (χ3v) is 4.82. The van der Waals surface area contributed by atoms with Gasteiger partial charge in [-0.25, -0.2) is 0 Å². The van der Waals surface area contributed by atoms with Crippen LogP contribution in [0.3, 0.4) is 0 Å². The zero-order valence-electron chi connectivity index (χ0n) is 11.6.